The molecule has 2 aromatic carbocycles. The van der Waals surface area contributed by atoms with Gasteiger partial charge in [0, 0.05) is 22.6 Å². The van der Waals surface area contributed by atoms with Crippen molar-refractivity contribution in [1.82, 2.24) is 5.32 Å². The third kappa shape index (κ3) is 3.49. The van der Waals surface area contributed by atoms with Crippen LogP contribution in [0.3, 0.4) is 0 Å². The summed E-state index contributed by atoms with van der Waals surface area (Å²) in [6, 6.07) is 16.0. The lowest BCUT2D eigenvalue weighted by molar-refractivity contribution is 0.575. The Kier molecular flexibility index (Phi) is 4.65. The zero-order chi connectivity index (χ0) is 13.0. The Morgan fingerprint density at radius 1 is 1.00 bits per heavy atom. The second-order valence-electron chi connectivity index (χ2n) is 4.25. The Hall–Kier alpha value is -1.02. The fourth-order valence-electron chi connectivity index (χ4n) is 1.77. The SMILES string of the molecule is C[C@H](NCc1ccccc1Cl)c1ccc(Cl)cc1. The Morgan fingerprint density at radius 2 is 1.67 bits per heavy atom. The highest BCUT2D eigenvalue weighted by Crippen LogP contribution is 2.18. The van der Waals surface area contributed by atoms with Crippen molar-refractivity contribution in [3.63, 3.8) is 0 Å². The van der Waals surface area contributed by atoms with E-state index in [0.717, 1.165) is 22.2 Å². The van der Waals surface area contributed by atoms with Crippen LogP contribution in [-0.2, 0) is 6.54 Å². The van der Waals surface area contributed by atoms with Crippen molar-refractivity contribution in [2.45, 2.75) is 19.5 Å². The predicted octanol–water partition coefficient (Wildman–Crippen LogP) is 4.84. The van der Waals surface area contributed by atoms with Crippen molar-refractivity contribution >= 4 is 23.2 Å². The molecule has 0 spiro atoms. The van der Waals surface area contributed by atoms with Gasteiger partial charge in [-0.05, 0) is 36.2 Å². The zero-order valence-corrected chi connectivity index (χ0v) is 11.7. The summed E-state index contributed by atoms with van der Waals surface area (Å²) in [7, 11) is 0. The van der Waals surface area contributed by atoms with Crippen molar-refractivity contribution in [2.24, 2.45) is 0 Å². The molecule has 0 amide bonds. The summed E-state index contributed by atoms with van der Waals surface area (Å²) in [5.74, 6) is 0. The molecule has 0 unspecified atom stereocenters. The minimum absolute atomic E-state index is 0.263. The Morgan fingerprint density at radius 3 is 2.33 bits per heavy atom. The summed E-state index contributed by atoms with van der Waals surface area (Å²) in [5, 5.41) is 5.01. The molecule has 0 aliphatic carbocycles. The van der Waals surface area contributed by atoms with Crippen LogP contribution in [0.4, 0.5) is 0 Å². The minimum atomic E-state index is 0.263. The van der Waals surface area contributed by atoms with E-state index in [2.05, 4.69) is 12.2 Å². The smallest absolute Gasteiger partial charge is 0.0450 e. The molecule has 0 aromatic heterocycles. The number of halogens is 2. The van der Waals surface area contributed by atoms with Gasteiger partial charge in [0.15, 0.2) is 0 Å². The van der Waals surface area contributed by atoms with Crippen molar-refractivity contribution in [1.29, 1.82) is 0 Å². The average molecular weight is 280 g/mol. The topological polar surface area (TPSA) is 12.0 Å². The molecule has 0 saturated carbocycles. The Labute approximate surface area is 118 Å². The van der Waals surface area contributed by atoms with Crippen molar-refractivity contribution in [3.05, 3.63) is 69.7 Å². The van der Waals surface area contributed by atoms with Gasteiger partial charge in [-0.25, -0.2) is 0 Å². The molecule has 0 aliphatic rings. The van der Waals surface area contributed by atoms with E-state index in [1.54, 1.807) is 0 Å². The molecule has 0 radical (unpaired) electrons. The average Bonchev–Trinajstić information content (AvgIpc) is 2.38. The molecular weight excluding hydrogens is 265 g/mol. The van der Waals surface area contributed by atoms with Gasteiger partial charge in [0.2, 0.25) is 0 Å². The van der Waals surface area contributed by atoms with E-state index < -0.39 is 0 Å². The van der Waals surface area contributed by atoms with Gasteiger partial charge in [0.1, 0.15) is 0 Å². The van der Waals surface area contributed by atoms with E-state index in [-0.39, 0.29) is 6.04 Å². The number of hydrogen-bond acceptors (Lipinski definition) is 1. The first-order chi connectivity index (χ1) is 8.66. The van der Waals surface area contributed by atoms with Gasteiger partial charge in [0.25, 0.3) is 0 Å². The Balaban J connectivity index is 1.98. The lowest BCUT2D eigenvalue weighted by Crippen LogP contribution is -2.18. The number of benzene rings is 2. The first-order valence-electron chi connectivity index (χ1n) is 5.89. The van der Waals surface area contributed by atoms with Gasteiger partial charge < -0.3 is 5.32 Å². The summed E-state index contributed by atoms with van der Waals surface area (Å²) in [4.78, 5) is 0. The maximum absolute atomic E-state index is 6.12. The summed E-state index contributed by atoms with van der Waals surface area (Å²) >= 11 is 12.0. The highest BCUT2D eigenvalue weighted by atomic mass is 35.5. The lowest BCUT2D eigenvalue weighted by Gasteiger charge is -2.15. The van der Waals surface area contributed by atoms with Gasteiger partial charge >= 0.3 is 0 Å². The fraction of sp³-hybridized carbons (Fsp3) is 0.200. The van der Waals surface area contributed by atoms with E-state index in [0.29, 0.717) is 0 Å². The molecular formula is C15H15Cl2N. The third-order valence-electron chi connectivity index (χ3n) is 2.93. The van der Waals surface area contributed by atoms with Crippen LogP contribution in [0.25, 0.3) is 0 Å². The number of nitrogens with one attached hydrogen (secondary N) is 1. The highest BCUT2D eigenvalue weighted by Gasteiger charge is 2.05. The van der Waals surface area contributed by atoms with Crippen LogP contribution < -0.4 is 5.32 Å². The van der Waals surface area contributed by atoms with Gasteiger partial charge in [-0.3, -0.25) is 0 Å². The van der Waals surface area contributed by atoms with Crippen LogP contribution in [0.2, 0.25) is 10.0 Å². The molecule has 1 atom stereocenters. The molecule has 0 saturated heterocycles. The molecule has 0 bridgehead atoms. The molecule has 0 aliphatic heterocycles. The van der Waals surface area contributed by atoms with E-state index in [1.165, 1.54) is 5.56 Å². The maximum atomic E-state index is 6.12. The molecule has 2 rings (SSSR count). The first kappa shape index (κ1) is 13.4. The lowest BCUT2D eigenvalue weighted by atomic mass is 10.1. The molecule has 18 heavy (non-hydrogen) atoms. The van der Waals surface area contributed by atoms with Crippen molar-refractivity contribution < 1.29 is 0 Å². The predicted molar refractivity (Wildman–Crippen MR) is 78.2 cm³/mol. The fourth-order valence-corrected chi connectivity index (χ4v) is 2.10. The van der Waals surface area contributed by atoms with E-state index >= 15 is 0 Å². The normalized spacial score (nSPS) is 12.4. The summed E-state index contributed by atoms with van der Waals surface area (Å²) in [5.41, 5.74) is 2.33. The first-order valence-corrected chi connectivity index (χ1v) is 6.64. The zero-order valence-electron chi connectivity index (χ0n) is 10.2. The van der Waals surface area contributed by atoms with Crippen molar-refractivity contribution in [2.75, 3.05) is 0 Å². The summed E-state index contributed by atoms with van der Waals surface area (Å²) in [6.45, 7) is 2.88. The molecule has 0 fully saturated rings. The van der Waals surface area contributed by atoms with Gasteiger partial charge in [-0.15, -0.1) is 0 Å². The van der Waals surface area contributed by atoms with Crippen LogP contribution >= 0.6 is 23.2 Å². The van der Waals surface area contributed by atoms with Crippen LogP contribution in [0, 0.1) is 0 Å². The molecule has 2 aromatic rings. The molecule has 0 heterocycles. The molecule has 94 valence electrons. The maximum Gasteiger partial charge on any atom is 0.0450 e. The highest BCUT2D eigenvalue weighted by molar-refractivity contribution is 6.31. The van der Waals surface area contributed by atoms with Crippen LogP contribution in [-0.4, -0.2) is 0 Å². The van der Waals surface area contributed by atoms with Crippen LogP contribution in [0.15, 0.2) is 48.5 Å². The van der Waals surface area contributed by atoms with E-state index in [4.69, 9.17) is 23.2 Å². The number of rotatable bonds is 4. The van der Waals surface area contributed by atoms with Gasteiger partial charge in [-0.2, -0.15) is 0 Å². The van der Waals surface area contributed by atoms with E-state index in [1.807, 2.05) is 48.5 Å². The molecule has 3 heteroatoms. The summed E-state index contributed by atoms with van der Waals surface area (Å²) in [6.07, 6.45) is 0. The quantitative estimate of drug-likeness (QED) is 0.844. The standard InChI is InChI=1S/C15H15Cl2N/c1-11(12-6-8-14(16)9-7-12)18-10-13-4-2-3-5-15(13)17/h2-9,11,18H,10H2,1H3/t11-/m0/s1. The van der Waals surface area contributed by atoms with Crippen LogP contribution in [0.5, 0.6) is 0 Å². The second-order valence-corrected chi connectivity index (χ2v) is 5.09. The summed E-state index contributed by atoms with van der Waals surface area (Å²) < 4.78 is 0. The third-order valence-corrected chi connectivity index (χ3v) is 3.55. The molecule has 1 N–H and O–H groups in total. The van der Waals surface area contributed by atoms with Crippen LogP contribution in [0.1, 0.15) is 24.1 Å². The number of hydrogen-bond donors (Lipinski definition) is 1. The van der Waals surface area contributed by atoms with Gasteiger partial charge in [0.05, 0.1) is 0 Å². The van der Waals surface area contributed by atoms with Gasteiger partial charge in [-0.1, -0.05) is 53.5 Å². The molecule has 1 nitrogen and oxygen atoms in total. The Bertz CT molecular complexity index is 508. The van der Waals surface area contributed by atoms with Crippen molar-refractivity contribution in [3.8, 4) is 0 Å². The minimum Gasteiger partial charge on any atom is -0.306 e. The van der Waals surface area contributed by atoms with E-state index in [9.17, 15) is 0 Å². The largest absolute Gasteiger partial charge is 0.306 e. The monoisotopic (exact) mass is 279 g/mol. The second kappa shape index (κ2) is 6.24.